The molecule has 1 aromatic rings. The van der Waals surface area contributed by atoms with Crippen molar-refractivity contribution in [3.63, 3.8) is 0 Å². The number of nitrogens with zero attached hydrogens (tertiary/aromatic N) is 2. The van der Waals surface area contributed by atoms with E-state index < -0.39 is 0 Å². The number of thioether (sulfide) groups is 1. The van der Waals surface area contributed by atoms with Crippen LogP contribution in [0.15, 0.2) is 23.4 Å². The first kappa shape index (κ1) is 16.8. The number of carbonyl (C=O) groups excluding carboxylic acids is 1. The van der Waals surface area contributed by atoms with E-state index in [0.29, 0.717) is 12.0 Å². The fraction of sp³-hybridized carbons (Fsp3) is 0.667. The number of aromatic nitrogens is 1. The second-order valence-electron chi connectivity index (χ2n) is 7.52. The average molecular weight is 334 g/mol. The van der Waals surface area contributed by atoms with Crippen molar-refractivity contribution >= 4 is 17.7 Å². The summed E-state index contributed by atoms with van der Waals surface area (Å²) in [6.07, 6.45) is 5.09. The van der Waals surface area contributed by atoms with Crippen molar-refractivity contribution in [2.45, 2.75) is 55.8 Å². The smallest absolute Gasteiger partial charge is 0.254 e. The molecule has 4 nitrogen and oxygen atoms in total. The zero-order valence-corrected chi connectivity index (χ0v) is 15.1. The van der Waals surface area contributed by atoms with Crippen molar-refractivity contribution in [2.24, 2.45) is 5.92 Å². The van der Waals surface area contributed by atoms with E-state index in [1.54, 1.807) is 18.0 Å². The molecule has 0 bridgehead atoms. The van der Waals surface area contributed by atoms with E-state index >= 15 is 0 Å². The molecule has 1 aromatic heterocycles. The summed E-state index contributed by atoms with van der Waals surface area (Å²) in [7, 11) is 0. The maximum absolute atomic E-state index is 13.0. The van der Waals surface area contributed by atoms with Crippen LogP contribution in [-0.4, -0.2) is 46.3 Å². The molecule has 0 aromatic carbocycles. The maximum atomic E-state index is 13.0. The average Bonchev–Trinajstić information content (AvgIpc) is 3.19. The Hall–Kier alpha value is -1.07. The summed E-state index contributed by atoms with van der Waals surface area (Å²) < 4.78 is 5.56. The predicted molar refractivity (Wildman–Crippen MR) is 92.8 cm³/mol. The third-order valence-electron chi connectivity index (χ3n) is 4.12. The molecule has 1 atom stereocenters. The standard InChI is InChI=1S/C18H26N2O2S/c1-18(2,3)23-16-10-14(6-8-19-16)17(21)20(15-4-5-15)11-13-7-9-22-12-13/h6,8,10,13,15H,4-5,7,9,11-12H2,1-3H3. The summed E-state index contributed by atoms with van der Waals surface area (Å²) >= 11 is 1.70. The van der Waals surface area contributed by atoms with E-state index in [0.717, 1.165) is 49.6 Å². The van der Waals surface area contributed by atoms with Gasteiger partial charge >= 0.3 is 0 Å². The third-order valence-corrected chi connectivity index (χ3v) is 5.16. The monoisotopic (exact) mass is 334 g/mol. The molecule has 0 radical (unpaired) electrons. The number of ether oxygens (including phenoxy) is 1. The van der Waals surface area contributed by atoms with Crippen LogP contribution in [0.3, 0.4) is 0 Å². The zero-order valence-electron chi connectivity index (χ0n) is 14.2. The van der Waals surface area contributed by atoms with Crippen LogP contribution < -0.4 is 0 Å². The van der Waals surface area contributed by atoms with Gasteiger partial charge in [0, 0.05) is 41.6 Å². The zero-order chi connectivity index (χ0) is 16.4. The van der Waals surface area contributed by atoms with Gasteiger partial charge < -0.3 is 9.64 Å². The number of rotatable bonds is 5. The van der Waals surface area contributed by atoms with Gasteiger partial charge in [0.1, 0.15) is 0 Å². The summed E-state index contributed by atoms with van der Waals surface area (Å²) in [6.45, 7) is 8.92. The number of hydrogen-bond donors (Lipinski definition) is 0. The highest BCUT2D eigenvalue weighted by atomic mass is 32.2. The van der Waals surface area contributed by atoms with Gasteiger partial charge in [-0.1, -0.05) is 20.8 Å². The van der Waals surface area contributed by atoms with E-state index in [1.807, 2.05) is 12.1 Å². The molecule has 0 N–H and O–H groups in total. The first-order valence-electron chi connectivity index (χ1n) is 8.46. The van der Waals surface area contributed by atoms with Crippen LogP contribution in [0, 0.1) is 5.92 Å². The number of hydrogen-bond acceptors (Lipinski definition) is 4. The lowest BCUT2D eigenvalue weighted by Crippen LogP contribution is -2.37. The van der Waals surface area contributed by atoms with Gasteiger partial charge in [-0.25, -0.2) is 4.98 Å². The van der Waals surface area contributed by atoms with E-state index in [1.165, 1.54) is 0 Å². The predicted octanol–water partition coefficient (Wildman–Crippen LogP) is 3.61. The minimum Gasteiger partial charge on any atom is -0.381 e. The normalized spacial score (nSPS) is 21.4. The highest BCUT2D eigenvalue weighted by Gasteiger charge is 2.35. The second-order valence-corrected chi connectivity index (χ2v) is 9.36. The van der Waals surface area contributed by atoms with Crippen LogP contribution in [-0.2, 0) is 4.74 Å². The quantitative estimate of drug-likeness (QED) is 0.772. The van der Waals surface area contributed by atoms with Crippen molar-refractivity contribution in [3.05, 3.63) is 23.9 Å². The van der Waals surface area contributed by atoms with E-state index in [9.17, 15) is 4.79 Å². The Morgan fingerprint density at radius 2 is 2.17 bits per heavy atom. The Labute approximate surface area is 143 Å². The van der Waals surface area contributed by atoms with E-state index in [4.69, 9.17) is 4.74 Å². The lowest BCUT2D eigenvalue weighted by molar-refractivity contribution is 0.0706. The fourth-order valence-corrected chi connectivity index (χ4v) is 3.79. The van der Waals surface area contributed by atoms with Gasteiger partial charge in [-0.15, -0.1) is 11.8 Å². The molecule has 1 saturated carbocycles. The van der Waals surface area contributed by atoms with Crippen LogP contribution >= 0.6 is 11.8 Å². The van der Waals surface area contributed by atoms with Gasteiger partial charge in [-0.2, -0.15) is 0 Å². The molecular formula is C18H26N2O2S. The topological polar surface area (TPSA) is 42.4 Å². The molecule has 23 heavy (non-hydrogen) atoms. The molecule has 2 fully saturated rings. The lowest BCUT2D eigenvalue weighted by atomic mass is 10.1. The van der Waals surface area contributed by atoms with Crippen molar-refractivity contribution in [1.29, 1.82) is 0 Å². The molecule has 5 heteroatoms. The van der Waals surface area contributed by atoms with Crippen LogP contribution in [0.1, 0.15) is 50.4 Å². The molecule has 126 valence electrons. The lowest BCUT2D eigenvalue weighted by Gasteiger charge is -2.25. The molecule has 1 amide bonds. The second kappa shape index (κ2) is 6.81. The summed E-state index contributed by atoms with van der Waals surface area (Å²) in [6, 6.07) is 4.21. The summed E-state index contributed by atoms with van der Waals surface area (Å²) in [5, 5.41) is 0.920. The molecule has 1 unspecified atom stereocenters. The van der Waals surface area contributed by atoms with Crippen molar-refractivity contribution in [2.75, 3.05) is 19.8 Å². The van der Waals surface area contributed by atoms with Crippen molar-refractivity contribution < 1.29 is 9.53 Å². The van der Waals surface area contributed by atoms with Gasteiger partial charge in [0.2, 0.25) is 0 Å². The molecule has 1 saturated heterocycles. The van der Waals surface area contributed by atoms with Gasteiger partial charge in [0.25, 0.3) is 5.91 Å². The molecule has 0 spiro atoms. The van der Waals surface area contributed by atoms with Gasteiger partial charge in [-0.05, 0) is 31.4 Å². The largest absolute Gasteiger partial charge is 0.381 e. The maximum Gasteiger partial charge on any atom is 0.254 e. The summed E-state index contributed by atoms with van der Waals surface area (Å²) in [5.74, 6) is 0.641. The number of amides is 1. The van der Waals surface area contributed by atoms with Gasteiger partial charge in [-0.3, -0.25) is 4.79 Å². The molecule has 1 aliphatic carbocycles. The third kappa shape index (κ3) is 4.70. The summed E-state index contributed by atoms with van der Waals surface area (Å²) in [5.41, 5.74) is 0.762. The Kier molecular flexibility index (Phi) is 4.97. The van der Waals surface area contributed by atoms with Crippen LogP contribution in [0.4, 0.5) is 0 Å². The molecular weight excluding hydrogens is 308 g/mol. The first-order valence-corrected chi connectivity index (χ1v) is 9.28. The summed E-state index contributed by atoms with van der Waals surface area (Å²) in [4.78, 5) is 19.5. The fourth-order valence-electron chi connectivity index (χ4n) is 2.87. The molecule has 2 aliphatic rings. The molecule has 1 aliphatic heterocycles. The minimum absolute atomic E-state index is 0.0893. The highest BCUT2D eigenvalue weighted by Crippen LogP contribution is 2.33. The van der Waals surface area contributed by atoms with Crippen molar-refractivity contribution in [1.82, 2.24) is 9.88 Å². The molecule has 2 heterocycles. The van der Waals surface area contributed by atoms with E-state index in [2.05, 4.69) is 30.7 Å². The Morgan fingerprint density at radius 3 is 2.78 bits per heavy atom. The highest BCUT2D eigenvalue weighted by molar-refractivity contribution is 8.00. The number of carbonyl (C=O) groups is 1. The Balaban J connectivity index is 1.73. The molecule has 3 rings (SSSR count). The van der Waals surface area contributed by atoms with Crippen LogP contribution in [0.2, 0.25) is 0 Å². The Morgan fingerprint density at radius 1 is 1.39 bits per heavy atom. The Bertz CT molecular complexity index is 560. The van der Waals surface area contributed by atoms with Crippen molar-refractivity contribution in [3.8, 4) is 0 Å². The van der Waals surface area contributed by atoms with E-state index in [-0.39, 0.29) is 10.7 Å². The van der Waals surface area contributed by atoms with Gasteiger partial charge in [0.15, 0.2) is 0 Å². The SMILES string of the molecule is CC(C)(C)Sc1cc(C(=O)N(CC2CCOC2)C2CC2)ccn1. The van der Waals surface area contributed by atoms with Gasteiger partial charge in [0.05, 0.1) is 11.6 Å². The van der Waals surface area contributed by atoms with Crippen LogP contribution in [0.5, 0.6) is 0 Å². The minimum atomic E-state index is 0.0893. The van der Waals surface area contributed by atoms with Crippen LogP contribution in [0.25, 0.3) is 0 Å². The first-order chi connectivity index (χ1) is 10.9. The number of pyridine rings is 1.